The third-order valence-corrected chi connectivity index (χ3v) is 3.64. The molecule has 0 radical (unpaired) electrons. The fourth-order valence-electron chi connectivity index (χ4n) is 2.65. The molecule has 2 aromatic carbocycles. The Morgan fingerprint density at radius 2 is 2.05 bits per heavy atom. The first kappa shape index (κ1) is 12.0. The summed E-state index contributed by atoms with van der Waals surface area (Å²) in [5.74, 6) is 0.720. The minimum atomic E-state index is -0.174. The van der Waals surface area contributed by atoms with E-state index in [9.17, 15) is 4.39 Å². The molecule has 0 bridgehead atoms. The SMILES string of the molecule is COc1ccc(C2Cc3cc(F)ccc3N2)cc1C. The van der Waals surface area contributed by atoms with Gasteiger partial charge in [0.25, 0.3) is 0 Å². The third kappa shape index (κ3) is 2.16. The van der Waals surface area contributed by atoms with Crippen LogP contribution in [0.4, 0.5) is 10.1 Å². The van der Waals surface area contributed by atoms with Crippen LogP contribution in [-0.4, -0.2) is 7.11 Å². The van der Waals surface area contributed by atoms with Crippen molar-refractivity contribution in [1.82, 2.24) is 0 Å². The van der Waals surface area contributed by atoms with E-state index < -0.39 is 0 Å². The first-order chi connectivity index (χ1) is 9.17. The van der Waals surface area contributed by atoms with Crippen molar-refractivity contribution in [3.8, 4) is 5.75 Å². The van der Waals surface area contributed by atoms with Crippen molar-refractivity contribution >= 4 is 5.69 Å². The van der Waals surface area contributed by atoms with Gasteiger partial charge >= 0.3 is 0 Å². The fraction of sp³-hybridized carbons (Fsp3) is 0.250. The summed E-state index contributed by atoms with van der Waals surface area (Å²) in [4.78, 5) is 0. The Hall–Kier alpha value is -2.03. The van der Waals surface area contributed by atoms with E-state index in [4.69, 9.17) is 4.74 Å². The quantitative estimate of drug-likeness (QED) is 0.882. The molecular formula is C16H16FNO. The van der Waals surface area contributed by atoms with E-state index in [-0.39, 0.29) is 11.9 Å². The van der Waals surface area contributed by atoms with Gasteiger partial charge < -0.3 is 10.1 Å². The first-order valence-corrected chi connectivity index (χ1v) is 6.37. The number of halogens is 1. The van der Waals surface area contributed by atoms with Crippen LogP contribution in [0.1, 0.15) is 22.7 Å². The van der Waals surface area contributed by atoms with Crippen molar-refractivity contribution in [3.63, 3.8) is 0 Å². The molecule has 1 heterocycles. The normalized spacial score (nSPS) is 16.9. The van der Waals surface area contributed by atoms with E-state index in [0.29, 0.717) is 0 Å². The van der Waals surface area contributed by atoms with Crippen LogP contribution in [0.5, 0.6) is 5.75 Å². The minimum Gasteiger partial charge on any atom is -0.496 e. The van der Waals surface area contributed by atoms with Crippen molar-refractivity contribution in [2.45, 2.75) is 19.4 Å². The monoisotopic (exact) mass is 257 g/mol. The van der Waals surface area contributed by atoms with Gasteiger partial charge in [0.05, 0.1) is 13.2 Å². The number of methoxy groups -OCH3 is 1. The standard InChI is InChI=1S/C16H16FNO/c1-10-7-11(3-6-16(10)19-2)15-9-12-8-13(17)4-5-14(12)18-15/h3-8,15,18H,9H2,1-2H3. The Labute approximate surface area is 112 Å². The van der Waals surface area contributed by atoms with Crippen molar-refractivity contribution in [1.29, 1.82) is 0 Å². The molecule has 1 aliphatic heterocycles. The number of rotatable bonds is 2. The molecule has 1 atom stereocenters. The molecule has 1 aliphatic rings. The van der Waals surface area contributed by atoms with Crippen molar-refractivity contribution < 1.29 is 9.13 Å². The predicted molar refractivity (Wildman–Crippen MR) is 74.2 cm³/mol. The van der Waals surface area contributed by atoms with Gasteiger partial charge in [-0.05, 0) is 54.3 Å². The highest BCUT2D eigenvalue weighted by Crippen LogP contribution is 2.35. The van der Waals surface area contributed by atoms with Crippen molar-refractivity contribution in [2.75, 3.05) is 12.4 Å². The van der Waals surface area contributed by atoms with E-state index in [2.05, 4.69) is 17.4 Å². The Balaban J connectivity index is 1.88. The van der Waals surface area contributed by atoms with Crippen LogP contribution in [0, 0.1) is 12.7 Å². The maximum Gasteiger partial charge on any atom is 0.123 e. The van der Waals surface area contributed by atoms with Gasteiger partial charge in [0, 0.05) is 5.69 Å². The second-order valence-corrected chi connectivity index (χ2v) is 4.93. The van der Waals surface area contributed by atoms with Crippen LogP contribution in [0.15, 0.2) is 36.4 Å². The van der Waals surface area contributed by atoms with E-state index in [1.165, 1.54) is 11.6 Å². The van der Waals surface area contributed by atoms with Crippen LogP contribution < -0.4 is 10.1 Å². The van der Waals surface area contributed by atoms with Crippen LogP contribution >= 0.6 is 0 Å². The molecular weight excluding hydrogens is 241 g/mol. The van der Waals surface area contributed by atoms with E-state index >= 15 is 0 Å². The summed E-state index contributed by atoms with van der Waals surface area (Å²) in [7, 11) is 1.68. The summed E-state index contributed by atoms with van der Waals surface area (Å²) in [6.07, 6.45) is 0.818. The summed E-state index contributed by atoms with van der Waals surface area (Å²) < 4.78 is 18.5. The highest BCUT2D eigenvalue weighted by atomic mass is 19.1. The molecule has 3 rings (SSSR count). The molecule has 0 aromatic heterocycles. The van der Waals surface area contributed by atoms with Crippen LogP contribution in [-0.2, 0) is 6.42 Å². The molecule has 1 unspecified atom stereocenters. The fourth-order valence-corrected chi connectivity index (χ4v) is 2.65. The highest BCUT2D eigenvalue weighted by molar-refractivity contribution is 5.58. The molecule has 2 aromatic rings. The Morgan fingerprint density at radius 1 is 1.21 bits per heavy atom. The van der Waals surface area contributed by atoms with Gasteiger partial charge in [-0.15, -0.1) is 0 Å². The van der Waals surface area contributed by atoms with Gasteiger partial charge in [-0.25, -0.2) is 4.39 Å². The number of nitrogens with one attached hydrogen (secondary N) is 1. The van der Waals surface area contributed by atoms with Crippen molar-refractivity contribution in [3.05, 3.63) is 58.9 Å². The Morgan fingerprint density at radius 3 is 2.79 bits per heavy atom. The molecule has 0 spiro atoms. The molecule has 98 valence electrons. The summed E-state index contributed by atoms with van der Waals surface area (Å²) >= 11 is 0. The number of hydrogen-bond acceptors (Lipinski definition) is 2. The summed E-state index contributed by atoms with van der Waals surface area (Å²) in [6.45, 7) is 2.03. The van der Waals surface area contributed by atoms with Gasteiger partial charge in [-0.1, -0.05) is 12.1 Å². The van der Waals surface area contributed by atoms with Crippen LogP contribution in [0.25, 0.3) is 0 Å². The predicted octanol–water partition coefficient (Wildman–Crippen LogP) is 3.85. The molecule has 0 saturated heterocycles. The topological polar surface area (TPSA) is 21.3 Å². The van der Waals surface area contributed by atoms with Gasteiger partial charge in [0.15, 0.2) is 0 Å². The van der Waals surface area contributed by atoms with Crippen LogP contribution in [0.3, 0.4) is 0 Å². The maximum absolute atomic E-state index is 13.2. The summed E-state index contributed by atoms with van der Waals surface area (Å²) in [5, 5.41) is 3.44. The molecule has 19 heavy (non-hydrogen) atoms. The molecule has 0 amide bonds. The van der Waals surface area contributed by atoms with E-state index in [0.717, 1.165) is 29.0 Å². The zero-order valence-electron chi connectivity index (χ0n) is 11.0. The van der Waals surface area contributed by atoms with Crippen molar-refractivity contribution in [2.24, 2.45) is 0 Å². The third-order valence-electron chi connectivity index (χ3n) is 3.64. The smallest absolute Gasteiger partial charge is 0.123 e. The average molecular weight is 257 g/mol. The lowest BCUT2D eigenvalue weighted by Gasteiger charge is -2.14. The van der Waals surface area contributed by atoms with Gasteiger partial charge in [0.2, 0.25) is 0 Å². The lowest BCUT2D eigenvalue weighted by Crippen LogP contribution is -2.06. The molecule has 0 aliphatic carbocycles. The van der Waals surface area contributed by atoms with E-state index in [1.54, 1.807) is 19.2 Å². The molecule has 3 heteroatoms. The largest absolute Gasteiger partial charge is 0.496 e. The number of fused-ring (bicyclic) bond motifs is 1. The molecule has 0 fully saturated rings. The second kappa shape index (κ2) is 4.57. The number of aryl methyl sites for hydroxylation is 1. The molecule has 1 N–H and O–H groups in total. The van der Waals surface area contributed by atoms with Gasteiger partial charge in [0.1, 0.15) is 11.6 Å². The molecule has 2 nitrogen and oxygen atoms in total. The minimum absolute atomic E-state index is 0.174. The second-order valence-electron chi connectivity index (χ2n) is 4.93. The average Bonchev–Trinajstić information content (AvgIpc) is 2.81. The Kier molecular flexibility index (Phi) is 2.90. The zero-order chi connectivity index (χ0) is 13.4. The highest BCUT2D eigenvalue weighted by Gasteiger charge is 2.22. The maximum atomic E-state index is 13.2. The lowest BCUT2D eigenvalue weighted by molar-refractivity contribution is 0.411. The molecule has 0 saturated carbocycles. The summed E-state index contributed by atoms with van der Waals surface area (Å²) in [5.41, 5.74) is 4.39. The number of anilines is 1. The lowest BCUT2D eigenvalue weighted by atomic mass is 10.0. The first-order valence-electron chi connectivity index (χ1n) is 6.37. The van der Waals surface area contributed by atoms with E-state index in [1.807, 2.05) is 13.0 Å². The number of ether oxygens (including phenoxy) is 1. The summed E-state index contributed by atoms with van der Waals surface area (Å²) in [6, 6.07) is 11.3. The number of benzene rings is 2. The van der Waals surface area contributed by atoms with Gasteiger partial charge in [-0.3, -0.25) is 0 Å². The zero-order valence-corrected chi connectivity index (χ0v) is 11.0. The van der Waals surface area contributed by atoms with Crippen LogP contribution in [0.2, 0.25) is 0 Å². The van der Waals surface area contributed by atoms with Gasteiger partial charge in [-0.2, -0.15) is 0 Å². The Bertz CT molecular complexity index is 624. The number of hydrogen-bond donors (Lipinski definition) is 1.